The van der Waals surface area contributed by atoms with Gasteiger partial charge in [0.15, 0.2) is 0 Å². The van der Waals surface area contributed by atoms with Gasteiger partial charge in [0.2, 0.25) is 0 Å². The number of nitrogens with one attached hydrogen (secondary N) is 1. The smallest absolute Gasteiger partial charge is 0.0547 e. The van der Waals surface area contributed by atoms with Gasteiger partial charge in [-0.2, -0.15) is 0 Å². The molecular weight excluding hydrogens is 162 g/mol. The van der Waals surface area contributed by atoms with Crippen molar-refractivity contribution in [1.29, 1.82) is 0 Å². The summed E-state index contributed by atoms with van der Waals surface area (Å²) in [5.41, 5.74) is 0.603. The third-order valence-corrected chi connectivity index (χ3v) is 3.28. The molecular formula is C11H23NO. The van der Waals surface area contributed by atoms with Crippen molar-refractivity contribution in [3.8, 4) is 0 Å². The number of hydrogen-bond donors (Lipinski definition) is 1. The molecule has 0 aliphatic carbocycles. The van der Waals surface area contributed by atoms with Crippen LogP contribution in [0.25, 0.3) is 0 Å². The van der Waals surface area contributed by atoms with E-state index in [0.717, 1.165) is 6.61 Å². The first-order chi connectivity index (χ1) is 6.22. The Morgan fingerprint density at radius 2 is 2.08 bits per heavy atom. The van der Waals surface area contributed by atoms with Crippen molar-refractivity contribution in [2.75, 3.05) is 19.7 Å². The van der Waals surface area contributed by atoms with Crippen LogP contribution < -0.4 is 5.32 Å². The minimum Gasteiger partial charge on any atom is -0.379 e. The molecule has 2 heteroatoms. The molecule has 13 heavy (non-hydrogen) atoms. The Kier molecular flexibility index (Phi) is 4.20. The van der Waals surface area contributed by atoms with Gasteiger partial charge in [0.1, 0.15) is 0 Å². The van der Waals surface area contributed by atoms with E-state index in [4.69, 9.17) is 4.74 Å². The van der Waals surface area contributed by atoms with E-state index in [2.05, 4.69) is 26.1 Å². The molecule has 0 bridgehead atoms. The monoisotopic (exact) mass is 185 g/mol. The molecule has 0 spiro atoms. The quantitative estimate of drug-likeness (QED) is 0.685. The minimum absolute atomic E-state index is 0.439. The van der Waals surface area contributed by atoms with Crippen LogP contribution in [0.5, 0.6) is 0 Å². The predicted molar refractivity (Wildman–Crippen MR) is 55.9 cm³/mol. The van der Waals surface area contributed by atoms with E-state index in [1.54, 1.807) is 0 Å². The van der Waals surface area contributed by atoms with E-state index >= 15 is 0 Å². The van der Waals surface area contributed by atoms with Gasteiger partial charge in [0.05, 0.1) is 6.10 Å². The lowest BCUT2D eigenvalue weighted by Gasteiger charge is -2.42. The number of hydrogen-bond acceptors (Lipinski definition) is 2. The van der Waals surface area contributed by atoms with Crippen molar-refractivity contribution in [2.24, 2.45) is 5.41 Å². The highest BCUT2D eigenvalue weighted by molar-refractivity contribution is 4.91. The summed E-state index contributed by atoms with van der Waals surface area (Å²) in [6, 6.07) is 0. The van der Waals surface area contributed by atoms with Crippen molar-refractivity contribution in [3.63, 3.8) is 0 Å². The number of rotatable bonds is 6. The van der Waals surface area contributed by atoms with Gasteiger partial charge in [-0.1, -0.05) is 6.92 Å². The summed E-state index contributed by atoms with van der Waals surface area (Å²) in [5.74, 6) is 0. The minimum atomic E-state index is 0.439. The molecule has 1 saturated heterocycles. The van der Waals surface area contributed by atoms with Gasteiger partial charge < -0.3 is 10.1 Å². The molecule has 0 aromatic rings. The molecule has 1 aliphatic heterocycles. The lowest BCUT2D eigenvalue weighted by molar-refractivity contribution is 0.0461. The Hall–Kier alpha value is -0.0800. The summed E-state index contributed by atoms with van der Waals surface area (Å²) in [7, 11) is 0. The van der Waals surface area contributed by atoms with Crippen molar-refractivity contribution < 1.29 is 4.74 Å². The van der Waals surface area contributed by atoms with Crippen LogP contribution in [0, 0.1) is 5.41 Å². The SMILES string of the molecule is CCOC(C)CCC1(CC)CNC1. The highest BCUT2D eigenvalue weighted by atomic mass is 16.5. The largest absolute Gasteiger partial charge is 0.379 e. The van der Waals surface area contributed by atoms with Crippen LogP contribution in [0.3, 0.4) is 0 Å². The van der Waals surface area contributed by atoms with Crippen LogP contribution in [0.4, 0.5) is 0 Å². The molecule has 1 rings (SSSR count). The van der Waals surface area contributed by atoms with Crippen molar-refractivity contribution in [1.82, 2.24) is 5.32 Å². The molecule has 1 aliphatic rings. The first kappa shape index (κ1) is 11.0. The van der Waals surface area contributed by atoms with Crippen LogP contribution in [0.1, 0.15) is 40.0 Å². The van der Waals surface area contributed by atoms with Gasteiger partial charge >= 0.3 is 0 Å². The second-order valence-electron chi connectivity index (χ2n) is 4.26. The summed E-state index contributed by atoms with van der Waals surface area (Å²) in [5, 5.41) is 3.37. The summed E-state index contributed by atoms with van der Waals surface area (Å²) >= 11 is 0. The lowest BCUT2D eigenvalue weighted by Crippen LogP contribution is -2.53. The molecule has 1 atom stereocenters. The van der Waals surface area contributed by atoms with E-state index < -0.39 is 0 Å². The molecule has 1 N–H and O–H groups in total. The Morgan fingerprint density at radius 1 is 1.38 bits per heavy atom. The Balaban J connectivity index is 2.16. The fraction of sp³-hybridized carbons (Fsp3) is 1.00. The molecule has 78 valence electrons. The fourth-order valence-electron chi connectivity index (χ4n) is 1.96. The van der Waals surface area contributed by atoms with Gasteiger partial charge in [0.25, 0.3) is 0 Å². The molecule has 1 fully saturated rings. The molecule has 0 radical (unpaired) electrons. The fourth-order valence-corrected chi connectivity index (χ4v) is 1.96. The van der Waals surface area contributed by atoms with E-state index in [1.165, 1.54) is 32.4 Å². The maximum absolute atomic E-state index is 5.53. The van der Waals surface area contributed by atoms with Crippen LogP contribution in [0.15, 0.2) is 0 Å². The summed E-state index contributed by atoms with van der Waals surface area (Å²) in [6.07, 6.45) is 4.27. The van der Waals surface area contributed by atoms with Crippen LogP contribution in [-0.2, 0) is 4.74 Å². The topological polar surface area (TPSA) is 21.3 Å². The van der Waals surface area contributed by atoms with Crippen LogP contribution in [0.2, 0.25) is 0 Å². The van der Waals surface area contributed by atoms with Gasteiger partial charge in [-0.3, -0.25) is 0 Å². The molecule has 0 aromatic heterocycles. The van der Waals surface area contributed by atoms with E-state index in [-0.39, 0.29) is 0 Å². The molecule has 1 unspecified atom stereocenters. The lowest BCUT2D eigenvalue weighted by atomic mass is 9.75. The second kappa shape index (κ2) is 4.97. The average molecular weight is 185 g/mol. The predicted octanol–water partition coefficient (Wildman–Crippen LogP) is 2.19. The number of ether oxygens (including phenoxy) is 1. The summed E-state index contributed by atoms with van der Waals surface area (Å²) in [6.45, 7) is 9.81. The maximum atomic E-state index is 5.53. The Bertz CT molecular complexity index is 138. The van der Waals surface area contributed by atoms with E-state index in [9.17, 15) is 0 Å². The average Bonchev–Trinajstić information content (AvgIpc) is 2.04. The maximum Gasteiger partial charge on any atom is 0.0547 e. The Morgan fingerprint density at radius 3 is 2.46 bits per heavy atom. The van der Waals surface area contributed by atoms with Gasteiger partial charge in [0, 0.05) is 19.7 Å². The summed E-state index contributed by atoms with van der Waals surface area (Å²) in [4.78, 5) is 0. The second-order valence-corrected chi connectivity index (χ2v) is 4.26. The summed E-state index contributed by atoms with van der Waals surface area (Å²) < 4.78 is 5.53. The van der Waals surface area contributed by atoms with Gasteiger partial charge in [-0.15, -0.1) is 0 Å². The zero-order valence-electron chi connectivity index (χ0n) is 9.23. The molecule has 0 saturated carbocycles. The molecule has 0 amide bonds. The normalized spacial score (nSPS) is 22.4. The first-order valence-corrected chi connectivity index (χ1v) is 5.55. The highest BCUT2D eigenvalue weighted by Gasteiger charge is 2.34. The zero-order valence-corrected chi connectivity index (χ0v) is 9.23. The highest BCUT2D eigenvalue weighted by Crippen LogP contribution is 2.32. The first-order valence-electron chi connectivity index (χ1n) is 5.55. The van der Waals surface area contributed by atoms with Crippen molar-refractivity contribution in [3.05, 3.63) is 0 Å². The van der Waals surface area contributed by atoms with Crippen molar-refractivity contribution >= 4 is 0 Å². The molecule has 0 aromatic carbocycles. The molecule has 2 nitrogen and oxygen atoms in total. The van der Waals surface area contributed by atoms with Crippen LogP contribution in [-0.4, -0.2) is 25.8 Å². The van der Waals surface area contributed by atoms with Gasteiger partial charge in [-0.25, -0.2) is 0 Å². The van der Waals surface area contributed by atoms with Crippen molar-refractivity contribution in [2.45, 2.75) is 46.1 Å². The molecule has 1 heterocycles. The standard InChI is InChI=1S/C11H23NO/c1-4-11(8-12-9-11)7-6-10(3)13-5-2/h10,12H,4-9H2,1-3H3. The Labute approximate surface area is 82.0 Å². The zero-order chi connectivity index (χ0) is 9.73. The van der Waals surface area contributed by atoms with Crippen LogP contribution >= 0.6 is 0 Å². The van der Waals surface area contributed by atoms with E-state index in [0.29, 0.717) is 11.5 Å². The van der Waals surface area contributed by atoms with E-state index in [1.807, 2.05) is 0 Å². The third-order valence-electron chi connectivity index (χ3n) is 3.28. The van der Waals surface area contributed by atoms with Gasteiger partial charge in [-0.05, 0) is 38.5 Å². The third kappa shape index (κ3) is 2.96.